The minimum Gasteiger partial charge on any atom is -0.486 e. The number of aromatic nitrogens is 3. The summed E-state index contributed by atoms with van der Waals surface area (Å²) in [4.78, 5) is 26.1. The second kappa shape index (κ2) is 11.0. The molecular weight excluding hydrogens is 518 g/mol. The molecule has 0 saturated carbocycles. The number of ketones is 1. The van der Waals surface area contributed by atoms with Crippen LogP contribution in [-0.2, 0) is 17.8 Å². The predicted octanol–water partition coefficient (Wildman–Crippen LogP) is 5.50. The third-order valence-corrected chi connectivity index (χ3v) is 7.39. The van der Waals surface area contributed by atoms with Crippen LogP contribution < -0.4 is 9.47 Å². The molecule has 1 atom stereocenters. The van der Waals surface area contributed by atoms with E-state index in [1.54, 1.807) is 18.5 Å². The van der Waals surface area contributed by atoms with Crippen molar-refractivity contribution < 1.29 is 23.8 Å². The largest absolute Gasteiger partial charge is 0.486 e. The van der Waals surface area contributed by atoms with Gasteiger partial charge in [-0.3, -0.25) is 9.48 Å². The Balaban J connectivity index is 1.24. The zero-order valence-electron chi connectivity index (χ0n) is 22.4. The number of hydrogen-bond donors (Lipinski definition) is 0. The highest BCUT2D eigenvalue weighted by molar-refractivity contribution is 6.31. The van der Waals surface area contributed by atoms with Gasteiger partial charge in [-0.1, -0.05) is 41.9 Å². The minimum absolute atomic E-state index is 0.196. The standard InChI is InChI=1S/C30H30ClN3O5/c1-18-13-24(20(3)33(18)15-23-16-37-27-11-7-8-12-28(27)39-23)26(35)17-38-30(36)29-19(2)32-34(21(29)4)14-22-9-5-6-10-25(22)31/h5-13,23H,14-17H2,1-4H3/t23-/m0/s1. The average Bonchev–Trinajstić information content (AvgIpc) is 3.37. The van der Waals surface area contributed by atoms with Crippen LogP contribution in [0.5, 0.6) is 11.5 Å². The maximum absolute atomic E-state index is 13.1. The molecule has 9 heteroatoms. The van der Waals surface area contributed by atoms with Crippen molar-refractivity contribution in [1.82, 2.24) is 14.3 Å². The molecule has 0 unspecified atom stereocenters. The molecule has 39 heavy (non-hydrogen) atoms. The summed E-state index contributed by atoms with van der Waals surface area (Å²) in [5.74, 6) is 0.587. The lowest BCUT2D eigenvalue weighted by Crippen LogP contribution is -2.33. The quantitative estimate of drug-likeness (QED) is 0.214. The minimum atomic E-state index is -0.580. The van der Waals surface area contributed by atoms with Crippen LogP contribution in [0.25, 0.3) is 0 Å². The molecule has 0 fully saturated rings. The third-order valence-electron chi connectivity index (χ3n) is 7.03. The third kappa shape index (κ3) is 5.43. The van der Waals surface area contributed by atoms with Crippen molar-refractivity contribution >= 4 is 23.4 Å². The van der Waals surface area contributed by atoms with Crippen LogP contribution >= 0.6 is 11.6 Å². The van der Waals surface area contributed by atoms with Gasteiger partial charge in [0.2, 0.25) is 5.78 Å². The van der Waals surface area contributed by atoms with Crippen LogP contribution in [-0.4, -0.2) is 45.4 Å². The molecule has 0 amide bonds. The normalized spacial score (nSPS) is 14.3. The summed E-state index contributed by atoms with van der Waals surface area (Å²) in [7, 11) is 0. The van der Waals surface area contributed by atoms with Crippen molar-refractivity contribution in [2.45, 2.75) is 46.9 Å². The molecule has 0 spiro atoms. The number of halogens is 1. The van der Waals surface area contributed by atoms with Crippen molar-refractivity contribution in [3.63, 3.8) is 0 Å². The lowest BCUT2D eigenvalue weighted by molar-refractivity contribution is 0.0472. The average molecular weight is 548 g/mol. The Morgan fingerprint density at radius 2 is 1.74 bits per heavy atom. The van der Waals surface area contributed by atoms with E-state index in [0.29, 0.717) is 53.0 Å². The molecule has 4 aromatic rings. The fourth-order valence-corrected chi connectivity index (χ4v) is 5.13. The van der Waals surface area contributed by atoms with Gasteiger partial charge in [0.15, 0.2) is 24.2 Å². The van der Waals surface area contributed by atoms with Gasteiger partial charge in [0, 0.05) is 22.0 Å². The molecule has 2 aromatic heterocycles. The summed E-state index contributed by atoms with van der Waals surface area (Å²) >= 11 is 6.29. The molecule has 1 aliphatic heterocycles. The van der Waals surface area contributed by atoms with Crippen LogP contribution in [0, 0.1) is 27.7 Å². The maximum atomic E-state index is 13.1. The van der Waals surface area contributed by atoms with Crippen molar-refractivity contribution in [2.75, 3.05) is 13.2 Å². The predicted molar refractivity (Wildman–Crippen MR) is 147 cm³/mol. The van der Waals surface area contributed by atoms with Crippen molar-refractivity contribution in [3.8, 4) is 11.5 Å². The summed E-state index contributed by atoms with van der Waals surface area (Å²) in [6, 6.07) is 16.9. The number of esters is 1. The second-order valence-electron chi connectivity index (χ2n) is 9.69. The number of carbonyl (C=O) groups is 2. The van der Waals surface area contributed by atoms with Gasteiger partial charge >= 0.3 is 5.97 Å². The maximum Gasteiger partial charge on any atom is 0.342 e. The van der Waals surface area contributed by atoms with Gasteiger partial charge in [-0.05, 0) is 57.5 Å². The van der Waals surface area contributed by atoms with Crippen LogP contribution in [0.4, 0.5) is 0 Å². The fraction of sp³-hybridized carbons (Fsp3) is 0.300. The van der Waals surface area contributed by atoms with Crippen LogP contribution in [0.3, 0.4) is 0 Å². The van der Waals surface area contributed by atoms with Gasteiger partial charge in [0.05, 0.1) is 24.5 Å². The fourth-order valence-electron chi connectivity index (χ4n) is 4.94. The van der Waals surface area contributed by atoms with Crippen LogP contribution in [0.1, 0.15) is 49.1 Å². The van der Waals surface area contributed by atoms with Crippen molar-refractivity contribution in [3.05, 3.63) is 99.1 Å². The van der Waals surface area contributed by atoms with E-state index >= 15 is 0 Å². The first-order chi connectivity index (χ1) is 18.7. The second-order valence-corrected chi connectivity index (χ2v) is 10.1. The molecule has 8 nitrogen and oxygen atoms in total. The Kier molecular flexibility index (Phi) is 7.48. The zero-order valence-corrected chi connectivity index (χ0v) is 23.1. The Bertz CT molecular complexity index is 1550. The summed E-state index contributed by atoms with van der Waals surface area (Å²) in [6.07, 6.45) is -0.196. The van der Waals surface area contributed by atoms with Gasteiger partial charge in [-0.15, -0.1) is 0 Å². The van der Waals surface area contributed by atoms with E-state index in [0.717, 1.165) is 22.7 Å². The Hall–Kier alpha value is -4.04. The number of hydrogen-bond acceptors (Lipinski definition) is 6. The monoisotopic (exact) mass is 547 g/mol. The van der Waals surface area contributed by atoms with Crippen molar-refractivity contribution in [1.29, 1.82) is 0 Å². The molecule has 0 aliphatic carbocycles. The topological polar surface area (TPSA) is 84.6 Å². The van der Waals surface area contributed by atoms with Gasteiger partial charge in [0.25, 0.3) is 0 Å². The van der Waals surface area contributed by atoms with E-state index < -0.39 is 5.97 Å². The van der Waals surface area contributed by atoms with Gasteiger partial charge in [-0.2, -0.15) is 5.10 Å². The number of ether oxygens (including phenoxy) is 3. The lowest BCUT2D eigenvalue weighted by Gasteiger charge is -2.27. The van der Waals surface area contributed by atoms with Crippen LogP contribution in [0.2, 0.25) is 5.02 Å². The Morgan fingerprint density at radius 1 is 1.03 bits per heavy atom. The van der Waals surface area contributed by atoms with Crippen LogP contribution in [0.15, 0.2) is 54.6 Å². The first-order valence-corrected chi connectivity index (χ1v) is 13.1. The number of aryl methyl sites for hydroxylation is 2. The molecular formula is C30H30ClN3O5. The number of fused-ring (bicyclic) bond motifs is 1. The number of carbonyl (C=O) groups excluding carboxylic acids is 2. The molecule has 3 heterocycles. The van der Waals surface area contributed by atoms with E-state index in [1.807, 2.05) is 73.0 Å². The SMILES string of the molecule is Cc1nn(Cc2ccccc2Cl)c(C)c1C(=O)OCC(=O)c1cc(C)n(C[C@H]2COc3ccccc3O2)c1C. The molecule has 0 N–H and O–H groups in total. The Labute approximate surface area is 232 Å². The summed E-state index contributed by atoms with van der Waals surface area (Å²) in [5, 5.41) is 5.13. The van der Waals surface area contributed by atoms with E-state index in [9.17, 15) is 9.59 Å². The molecule has 0 saturated heterocycles. The molecule has 5 rings (SSSR count). The highest BCUT2D eigenvalue weighted by atomic mass is 35.5. The summed E-state index contributed by atoms with van der Waals surface area (Å²) in [5.41, 5.74) is 4.65. The van der Waals surface area contributed by atoms with E-state index in [2.05, 4.69) is 5.10 Å². The number of nitrogens with zero attached hydrogens (tertiary/aromatic N) is 3. The molecule has 2 aromatic carbocycles. The number of rotatable bonds is 8. The molecule has 202 valence electrons. The zero-order chi connectivity index (χ0) is 27.7. The molecule has 0 bridgehead atoms. The summed E-state index contributed by atoms with van der Waals surface area (Å²) < 4.78 is 21.1. The van der Waals surface area contributed by atoms with Gasteiger partial charge in [-0.25, -0.2) is 4.79 Å². The molecule has 0 radical (unpaired) electrons. The van der Waals surface area contributed by atoms with E-state index in [1.165, 1.54) is 0 Å². The van der Waals surface area contributed by atoms with E-state index in [4.69, 9.17) is 25.8 Å². The van der Waals surface area contributed by atoms with Crippen molar-refractivity contribution in [2.24, 2.45) is 0 Å². The lowest BCUT2D eigenvalue weighted by atomic mass is 10.1. The van der Waals surface area contributed by atoms with Gasteiger partial charge in [0.1, 0.15) is 12.2 Å². The smallest absolute Gasteiger partial charge is 0.342 e. The number of benzene rings is 2. The highest BCUT2D eigenvalue weighted by Crippen LogP contribution is 2.31. The van der Waals surface area contributed by atoms with Gasteiger partial charge < -0.3 is 18.8 Å². The molecule has 1 aliphatic rings. The Morgan fingerprint density at radius 3 is 2.51 bits per heavy atom. The highest BCUT2D eigenvalue weighted by Gasteiger charge is 2.25. The number of para-hydroxylation sites is 2. The first kappa shape index (κ1) is 26.6. The summed E-state index contributed by atoms with van der Waals surface area (Å²) in [6.45, 7) is 8.37. The first-order valence-electron chi connectivity index (χ1n) is 12.8. The number of Topliss-reactive ketones (excluding diaryl/α,β-unsaturated/α-hetero) is 1. The van der Waals surface area contributed by atoms with E-state index in [-0.39, 0.29) is 18.5 Å².